The Morgan fingerprint density at radius 1 is 1.07 bits per heavy atom. The Hall–Kier alpha value is -3.24. The van der Waals surface area contributed by atoms with E-state index in [9.17, 15) is 18.0 Å². The van der Waals surface area contributed by atoms with Gasteiger partial charge in [0, 0.05) is 11.3 Å². The molecule has 0 unspecified atom stereocenters. The van der Waals surface area contributed by atoms with Gasteiger partial charge in [0.1, 0.15) is 5.00 Å². The molecule has 0 radical (unpaired) electrons. The predicted molar refractivity (Wildman–Crippen MR) is 115 cm³/mol. The number of rotatable bonds is 8. The van der Waals surface area contributed by atoms with Gasteiger partial charge in [0.25, 0.3) is 5.91 Å². The molecule has 0 bridgehead atoms. The number of hydrogen-bond acceptors (Lipinski definition) is 7. The molecular weight excluding hydrogens is 426 g/mol. The van der Waals surface area contributed by atoms with E-state index in [0.29, 0.717) is 16.8 Å². The SMILES string of the molecule is CCOC(=O)c1ncsc1NS(=O)(=O)Cc1ccccc1NC(=O)c1ccccc1. The van der Waals surface area contributed by atoms with Crippen molar-refractivity contribution in [2.24, 2.45) is 0 Å². The van der Waals surface area contributed by atoms with Crippen LogP contribution >= 0.6 is 11.3 Å². The van der Waals surface area contributed by atoms with Crippen molar-refractivity contribution >= 4 is 43.9 Å². The minimum absolute atomic E-state index is 0.0826. The minimum atomic E-state index is -3.89. The highest BCUT2D eigenvalue weighted by atomic mass is 32.2. The molecule has 30 heavy (non-hydrogen) atoms. The summed E-state index contributed by atoms with van der Waals surface area (Å²) in [7, 11) is -3.89. The molecule has 2 N–H and O–H groups in total. The summed E-state index contributed by atoms with van der Waals surface area (Å²) in [5.41, 5.74) is 2.51. The van der Waals surface area contributed by atoms with Gasteiger partial charge in [-0.2, -0.15) is 0 Å². The highest BCUT2D eigenvalue weighted by Gasteiger charge is 2.22. The van der Waals surface area contributed by atoms with Crippen LogP contribution in [-0.4, -0.2) is 31.9 Å². The molecule has 8 nitrogen and oxygen atoms in total. The molecule has 0 saturated carbocycles. The molecule has 0 spiro atoms. The molecular formula is C20H19N3O5S2. The third-order valence-electron chi connectivity index (χ3n) is 3.93. The zero-order valence-corrected chi connectivity index (χ0v) is 17.6. The third kappa shape index (κ3) is 5.43. The Kier molecular flexibility index (Phi) is 6.80. The lowest BCUT2D eigenvalue weighted by molar-refractivity contribution is 0.0521. The Labute approximate surface area is 178 Å². The molecule has 0 atom stereocenters. The average molecular weight is 446 g/mol. The first-order valence-electron chi connectivity index (χ1n) is 8.95. The highest BCUT2D eigenvalue weighted by molar-refractivity contribution is 7.92. The van der Waals surface area contributed by atoms with E-state index in [1.54, 1.807) is 61.5 Å². The van der Waals surface area contributed by atoms with Gasteiger partial charge in [-0.15, -0.1) is 11.3 Å². The van der Waals surface area contributed by atoms with E-state index in [2.05, 4.69) is 15.0 Å². The van der Waals surface area contributed by atoms with Crippen LogP contribution in [0.3, 0.4) is 0 Å². The highest BCUT2D eigenvalue weighted by Crippen LogP contribution is 2.25. The number of hydrogen-bond donors (Lipinski definition) is 2. The smallest absolute Gasteiger partial charge is 0.360 e. The predicted octanol–water partition coefficient (Wildman–Crippen LogP) is 3.51. The fraction of sp³-hybridized carbons (Fsp3) is 0.150. The van der Waals surface area contributed by atoms with Crippen LogP contribution in [0.4, 0.5) is 10.7 Å². The van der Waals surface area contributed by atoms with Crippen LogP contribution in [0.5, 0.6) is 0 Å². The number of amides is 1. The number of carbonyl (C=O) groups excluding carboxylic acids is 2. The Balaban J connectivity index is 1.77. The maximum absolute atomic E-state index is 12.7. The van der Waals surface area contributed by atoms with E-state index in [1.165, 1.54) is 5.51 Å². The van der Waals surface area contributed by atoms with E-state index in [4.69, 9.17) is 4.74 Å². The standard InChI is InChI=1S/C20H19N3O5S2/c1-2-28-20(25)17-19(29-13-21-17)23-30(26,27)12-15-10-6-7-11-16(15)22-18(24)14-8-4-3-5-9-14/h3-11,13,23H,2,12H2,1H3,(H,22,24). The molecule has 156 valence electrons. The molecule has 0 fully saturated rings. The van der Waals surface area contributed by atoms with Crippen LogP contribution in [0.15, 0.2) is 60.1 Å². The number of benzene rings is 2. The quantitative estimate of drug-likeness (QED) is 0.513. The lowest BCUT2D eigenvalue weighted by Gasteiger charge is -2.12. The van der Waals surface area contributed by atoms with Crippen molar-refractivity contribution in [1.29, 1.82) is 0 Å². The maximum atomic E-state index is 12.7. The monoisotopic (exact) mass is 445 g/mol. The van der Waals surface area contributed by atoms with E-state index >= 15 is 0 Å². The number of para-hydroxylation sites is 1. The summed E-state index contributed by atoms with van der Waals surface area (Å²) in [5.74, 6) is -1.45. The van der Waals surface area contributed by atoms with Gasteiger partial charge in [-0.05, 0) is 30.7 Å². The molecule has 0 aliphatic rings. The maximum Gasteiger partial charge on any atom is 0.360 e. The minimum Gasteiger partial charge on any atom is -0.461 e. The topological polar surface area (TPSA) is 114 Å². The van der Waals surface area contributed by atoms with Gasteiger partial charge >= 0.3 is 5.97 Å². The van der Waals surface area contributed by atoms with Gasteiger partial charge in [-0.3, -0.25) is 9.52 Å². The fourth-order valence-electron chi connectivity index (χ4n) is 2.60. The molecule has 10 heteroatoms. The molecule has 3 aromatic rings. The van der Waals surface area contributed by atoms with Crippen LogP contribution in [0.25, 0.3) is 0 Å². The van der Waals surface area contributed by atoms with E-state index in [0.717, 1.165) is 11.3 Å². The average Bonchev–Trinajstić information content (AvgIpc) is 3.17. The van der Waals surface area contributed by atoms with Gasteiger partial charge in [0.2, 0.25) is 10.0 Å². The summed E-state index contributed by atoms with van der Waals surface area (Å²) >= 11 is 0.981. The number of nitrogens with zero attached hydrogens (tertiary/aromatic N) is 1. The molecule has 0 aliphatic heterocycles. The van der Waals surface area contributed by atoms with Crippen molar-refractivity contribution < 1.29 is 22.7 Å². The van der Waals surface area contributed by atoms with E-state index in [-0.39, 0.29) is 23.2 Å². The second-order valence-corrected chi connectivity index (χ2v) is 8.67. The van der Waals surface area contributed by atoms with Crippen LogP contribution in [0, 0.1) is 0 Å². The molecule has 3 rings (SSSR count). The number of esters is 1. The number of sulfonamides is 1. The van der Waals surface area contributed by atoms with Crippen LogP contribution in [0.2, 0.25) is 0 Å². The summed E-state index contributed by atoms with van der Waals surface area (Å²) in [6.07, 6.45) is 0. The normalized spacial score (nSPS) is 11.0. The Morgan fingerprint density at radius 3 is 2.50 bits per heavy atom. The summed E-state index contributed by atoms with van der Waals surface area (Å²) in [5, 5.41) is 2.82. The first kappa shape index (κ1) is 21.5. The largest absolute Gasteiger partial charge is 0.461 e. The van der Waals surface area contributed by atoms with Gasteiger partial charge < -0.3 is 10.1 Å². The van der Waals surface area contributed by atoms with Crippen molar-refractivity contribution in [3.63, 3.8) is 0 Å². The number of aromatic nitrogens is 1. The van der Waals surface area contributed by atoms with E-state index < -0.39 is 21.7 Å². The van der Waals surface area contributed by atoms with Crippen molar-refractivity contribution in [2.45, 2.75) is 12.7 Å². The van der Waals surface area contributed by atoms with Gasteiger partial charge in [0.15, 0.2) is 5.69 Å². The summed E-state index contributed by atoms with van der Waals surface area (Å²) in [6.45, 7) is 1.80. The van der Waals surface area contributed by atoms with Crippen molar-refractivity contribution in [3.8, 4) is 0 Å². The number of nitrogens with one attached hydrogen (secondary N) is 2. The van der Waals surface area contributed by atoms with Crippen LogP contribution < -0.4 is 10.0 Å². The number of anilines is 2. The zero-order chi connectivity index (χ0) is 21.6. The molecule has 1 amide bonds. The van der Waals surface area contributed by atoms with Gasteiger partial charge in [0.05, 0.1) is 17.9 Å². The summed E-state index contributed by atoms with van der Waals surface area (Å²) < 4.78 is 32.7. The Bertz CT molecular complexity index is 1140. The van der Waals surface area contributed by atoms with Crippen molar-refractivity contribution in [1.82, 2.24) is 4.98 Å². The van der Waals surface area contributed by atoms with Gasteiger partial charge in [-0.25, -0.2) is 18.2 Å². The number of thiazole rings is 1. The molecule has 0 aliphatic carbocycles. The lowest BCUT2D eigenvalue weighted by atomic mass is 10.1. The second-order valence-electron chi connectivity index (χ2n) is 6.09. The summed E-state index contributed by atoms with van der Waals surface area (Å²) in [6, 6.07) is 15.2. The Morgan fingerprint density at radius 2 is 1.77 bits per heavy atom. The second kappa shape index (κ2) is 9.51. The molecule has 1 heterocycles. The number of carbonyl (C=O) groups is 2. The lowest BCUT2D eigenvalue weighted by Crippen LogP contribution is -2.19. The molecule has 2 aromatic carbocycles. The fourth-order valence-corrected chi connectivity index (χ4v) is 4.79. The summed E-state index contributed by atoms with van der Waals surface area (Å²) in [4.78, 5) is 28.2. The van der Waals surface area contributed by atoms with E-state index in [1.807, 2.05) is 0 Å². The van der Waals surface area contributed by atoms with Gasteiger partial charge in [-0.1, -0.05) is 36.4 Å². The molecule has 1 aromatic heterocycles. The van der Waals surface area contributed by atoms with Crippen LogP contribution in [0.1, 0.15) is 33.3 Å². The molecule has 0 saturated heterocycles. The van der Waals surface area contributed by atoms with Crippen molar-refractivity contribution in [2.75, 3.05) is 16.6 Å². The number of ether oxygens (including phenoxy) is 1. The van der Waals surface area contributed by atoms with Crippen molar-refractivity contribution in [3.05, 3.63) is 76.9 Å². The zero-order valence-electron chi connectivity index (χ0n) is 16.0. The first-order chi connectivity index (χ1) is 14.4. The first-order valence-corrected chi connectivity index (χ1v) is 11.5. The third-order valence-corrected chi connectivity index (χ3v) is 6.01. The van der Waals surface area contributed by atoms with Crippen LogP contribution in [-0.2, 0) is 20.5 Å².